The summed E-state index contributed by atoms with van der Waals surface area (Å²) in [5, 5.41) is 0. The van der Waals surface area contributed by atoms with E-state index in [0.717, 1.165) is 12.8 Å². The first kappa shape index (κ1) is 17.2. The monoisotopic (exact) mass is 300 g/mol. The van der Waals surface area contributed by atoms with Gasteiger partial charge in [-0.25, -0.2) is 8.78 Å². The summed E-state index contributed by atoms with van der Waals surface area (Å²) >= 11 is 0. The lowest BCUT2D eigenvalue weighted by Crippen LogP contribution is -2.38. The molecule has 0 aromatic rings. The summed E-state index contributed by atoms with van der Waals surface area (Å²) in [4.78, 5) is 11.3. The van der Waals surface area contributed by atoms with Gasteiger partial charge < -0.3 is 9.47 Å². The molecule has 1 aliphatic rings. The van der Waals surface area contributed by atoms with Crippen molar-refractivity contribution in [3.63, 3.8) is 0 Å². The Bertz CT molecular complexity index is 309. The van der Waals surface area contributed by atoms with Crippen LogP contribution in [0.3, 0.4) is 0 Å². The molecule has 0 aromatic heterocycles. The number of carbonyl (C=O) groups excluding carboxylic acids is 1. The van der Waals surface area contributed by atoms with Crippen LogP contribution in [0, 0.1) is 5.92 Å². The Balaban J connectivity index is 2.17. The van der Waals surface area contributed by atoms with E-state index in [1.165, 1.54) is 0 Å². The predicted octanol–water partition coefficient (Wildman–Crippen LogP) is 3.42. The average molecular weight is 300 g/mol. The van der Waals surface area contributed by atoms with Crippen LogP contribution in [0.15, 0.2) is 0 Å². The Morgan fingerprint density at radius 3 is 2.40 bits per heavy atom. The first-order valence-corrected chi connectivity index (χ1v) is 6.71. The maximum atomic E-state index is 12.9. The summed E-state index contributed by atoms with van der Waals surface area (Å²) in [7, 11) is 0. The standard InChI is InChI=1S/C13H20F4O3/c1-12(14,15)13(16,17)6-9-20-11(18)3-2-10-4-7-19-8-5-10/h10H,2-9H2,1H3. The minimum absolute atomic E-state index is 0.124. The molecule has 1 heterocycles. The smallest absolute Gasteiger partial charge is 0.313 e. The summed E-state index contributed by atoms with van der Waals surface area (Å²) in [6, 6.07) is 0. The Kier molecular flexibility index (Phi) is 6.23. The lowest BCUT2D eigenvalue weighted by Gasteiger charge is -2.23. The maximum Gasteiger partial charge on any atom is 0.313 e. The van der Waals surface area contributed by atoms with Crippen molar-refractivity contribution in [1.82, 2.24) is 0 Å². The van der Waals surface area contributed by atoms with Gasteiger partial charge in [0.1, 0.15) is 0 Å². The molecule has 0 N–H and O–H groups in total. The fourth-order valence-corrected chi connectivity index (χ4v) is 1.94. The minimum atomic E-state index is -4.16. The highest BCUT2D eigenvalue weighted by atomic mass is 19.3. The zero-order valence-electron chi connectivity index (χ0n) is 11.5. The van der Waals surface area contributed by atoms with Crippen LogP contribution in [0.25, 0.3) is 0 Å². The molecule has 1 saturated heterocycles. The predicted molar refractivity (Wildman–Crippen MR) is 63.9 cm³/mol. The molecule has 0 unspecified atom stereocenters. The van der Waals surface area contributed by atoms with Crippen molar-refractivity contribution in [2.45, 2.75) is 50.9 Å². The SMILES string of the molecule is CC(F)(F)C(F)(F)CCOC(=O)CCC1CCOCC1. The molecule has 1 aliphatic heterocycles. The average Bonchev–Trinajstić information content (AvgIpc) is 2.36. The third-order valence-corrected chi connectivity index (χ3v) is 3.42. The van der Waals surface area contributed by atoms with Crippen molar-refractivity contribution in [1.29, 1.82) is 0 Å². The number of alkyl halides is 4. The van der Waals surface area contributed by atoms with Gasteiger partial charge in [-0.3, -0.25) is 4.79 Å². The van der Waals surface area contributed by atoms with Gasteiger partial charge in [-0.05, 0) is 25.2 Å². The van der Waals surface area contributed by atoms with E-state index in [1.807, 2.05) is 0 Å². The zero-order valence-corrected chi connectivity index (χ0v) is 11.5. The quantitative estimate of drug-likeness (QED) is 0.534. The van der Waals surface area contributed by atoms with Crippen molar-refractivity contribution >= 4 is 5.97 Å². The van der Waals surface area contributed by atoms with Gasteiger partial charge in [0.05, 0.1) is 13.0 Å². The van der Waals surface area contributed by atoms with E-state index in [1.54, 1.807) is 0 Å². The minimum Gasteiger partial charge on any atom is -0.465 e. The van der Waals surface area contributed by atoms with E-state index in [4.69, 9.17) is 4.74 Å². The molecule has 20 heavy (non-hydrogen) atoms. The van der Waals surface area contributed by atoms with E-state index in [0.29, 0.717) is 25.6 Å². The molecule has 1 fully saturated rings. The molecule has 1 rings (SSSR count). The number of carbonyl (C=O) groups is 1. The molecule has 0 amide bonds. The lowest BCUT2D eigenvalue weighted by molar-refractivity contribution is -0.206. The van der Waals surface area contributed by atoms with Crippen molar-refractivity contribution in [2.75, 3.05) is 19.8 Å². The number of hydrogen-bond donors (Lipinski definition) is 0. The van der Waals surface area contributed by atoms with Crippen LogP contribution in [0.5, 0.6) is 0 Å². The maximum absolute atomic E-state index is 12.9. The second-order valence-electron chi connectivity index (χ2n) is 5.16. The first-order chi connectivity index (χ1) is 9.22. The molecule has 0 bridgehead atoms. The number of ether oxygens (including phenoxy) is 2. The van der Waals surface area contributed by atoms with E-state index in [2.05, 4.69) is 4.74 Å². The van der Waals surface area contributed by atoms with E-state index in [9.17, 15) is 22.4 Å². The van der Waals surface area contributed by atoms with Crippen molar-refractivity contribution in [3.8, 4) is 0 Å². The lowest BCUT2D eigenvalue weighted by atomic mass is 9.95. The third kappa shape index (κ3) is 5.64. The fourth-order valence-electron chi connectivity index (χ4n) is 1.94. The van der Waals surface area contributed by atoms with Gasteiger partial charge in [-0.15, -0.1) is 0 Å². The van der Waals surface area contributed by atoms with Crippen LogP contribution in [-0.2, 0) is 14.3 Å². The second-order valence-corrected chi connectivity index (χ2v) is 5.16. The molecular formula is C13H20F4O3. The highest BCUT2D eigenvalue weighted by Crippen LogP contribution is 2.36. The summed E-state index contributed by atoms with van der Waals surface area (Å²) < 4.78 is 60.6. The Labute approximate surface area is 115 Å². The van der Waals surface area contributed by atoms with Crippen LogP contribution in [-0.4, -0.2) is 37.6 Å². The molecule has 7 heteroatoms. The number of hydrogen-bond acceptors (Lipinski definition) is 3. The van der Waals surface area contributed by atoms with Crippen molar-refractivity contribution in [2.24, 2.45) is 5.92 Å². The largest absolute Gasteiger partial charge is 0.465 e. The fraction of sp³-hybridized carbons (Fsp3) is 0.923. The second kappa shape index (κ2) is 7.24. The number of esters is 1. The van der Waals surface area contributed by atoms with Gasteiger partial charge in [-0.2, -0.15) is 8.78 Å². The third-order valence-electron chi connectivity index (χ3n) is 3.42. The summed E-state index contributed by atoms with van der Waals surface area (Å²) in [5.74, 6) is -8.51. The highest BCUT2D eigenvalue weighted by Gasteiger charge is 2.51. The summed E-state index contributed by atoms with van der Waals surface area (Å²) in [6.45, 7) is 0.790. The van der Waals surface area contributed by atoms with E-state index < -0.39 is 30.8 Å². The number of rotatable bonds is 7. The highest BCUT2D eigenvalue weighted by molar-refractivity contribution is 5.69. The van der Waals surface area contributed by atoms with Gasteiger partial charge in [0, 0.05) is 26.6 Å². The van der Waals surface area contributed by atoms with Gasteiger partial charge in [0.2, 0.25) is 0 Å². The van der Waals surface area contributed by atoms with E-state index in [-0.39, 0.29) is 13.3 Å². The summed E-state index contributed by atoms with van der Waals surface area (Å²) in [6.07, 6.45) is 1.31. The molecule has 0 aromatic carbocycles. The van der Waals surface area contributed by atoms with Crippen LogP contribution in [0.4, 0.5) is 17.6 Å². The van der Waals surface area contributed by atoms with Gasteiger partial charge in [-0.1, -0.05) is 0 Å². The molecule has 0 radical (unpaired) electrons. The zero-order chi connectivity index (χ0) is 15.2. The molecular weight excluding hydrogens is 280 g/mol. The normalized spacial score (nSPS) is 18.1. The molecule has 0 saturated carbocycles. The first-order valence-electron chi connectivity index (χ1n) is 6.71. The topological polar surface area (TPSA) is 35.5 Å². The Hall–Kier alpha value is -0.850. The Morgan fingerprint density at radius 1 is 1.25 bits per heavy atom. The van der Waals surface area contributed by atoms with Crippen LogP contribution in [0.2, 0.25) is 0 Å². The van der Waals surface area contributed by atoms with Crippen LogP contribution < -0.4 is 0 Å². The van der Waals surface area contributed by atoms with Crippen molar-refractivity contribution in [3.05, 3.63) is 0 Å². The van der Waals surface area contributed by atoms with E-state index >= 15 is 0 Å². The van der Waals surface area contributed by atoms with Gasteiger partial charge >= 0.3 is 17.8 Å². The number of halogens is 4. The van der Waals surface area contributed by atoms with Gasteiger partial charge in [0.25, 0.3) is 0 Å². The molecule has 3 nitrogen and oxygen atoms in total. The molecule has 0 atom stereocenters. The molecule has 0 spiro atoms. The molecule has 118 valence electrons. The van der Waals surface area contributed by atoms with Crippen LogP contribution >= 0.6 is 0 Å². The summed E-state index contributed by atoms with van der Waals surface area (Å²) in [5.41, 5.74) is 0. The Morgan fingerprint density at radius 2 is 1.85 bits per heavy atom. The molecule has 0 aliphatic carbocycles. The van der Waals surface area contributed by atoms with Crippen molar-refractivity contribution < 1.29 is 31.8 Å². The van der Waals surface area contributed by atoms with Gasteiger partial charge in [0.15, 0.2) is 0 Å². The van der Waals surface area contributed by atoms with Crippen LogP contribution in [0.1, 0.15) is 39.0 Å².